The highest BCUT2D eigenvalue weighted by Gasteiger charge is 2.16. The number of nitrogens with zero attached hydrogens (tertiary/aromatic N) is 2. The van der Waals surface area contributed by atoms with Crippen LogP contribution in [0, 0.1) is 6.92 Å². The van der Waals surface area contributed by atoms with Crippen LogP contribution in [0.4, 0.5) is 5.69 Å². The van der Waals surface area contributed by atoms with E-state index in [1.807, 2.05) is 37.3 Å². The van der Waals surface area contributed by atoms with Crippen molar-refractivity contribution < 1.29 is 0 Å². The van der Waals surface area contributed by atoms with Crippen molar-refractivity contribution in [1.29, 1.82) is 0 Å². The minimum atomic E-state index is 0.737. The number of benzene rings is 2. The lowest BCUT2D eigenvalue weighted by atomic mass is 10.1. The lowest BCUT2D eigenvalue weighted by molar-refractivity contribution is 0.704. The molecule has 4 heteroatoms. The number of halogens is 1. The fourth-order valence-electron chi connectivity index (χ4n) is 2.68. The van der Waals surface area contributed by atoms with Gasteiger partial charge >= 0.3 is 0 Å². The monoisotopic (exact) mass is 299 g/mol. The summed E-state index contributed by atoms with van der Waals surface area (Å²) >= 11 is 6.38. The number of nitrogens with two attached hydrogens (primary N) is 1. The third kappa shape index (κ3) is 2.28. The Hall–Kier alpha value is -2.00. The van der Waals surface area contributed by atoms with Gasteiger partial charge in [-0.15, -0.1) is 0 Å². The molecule has 3 rings (SSSR count). The van der Waals surface area contributed by atoms with E-state index in [2.05, 4.69) is 17.6 Å². The van der Waals surface area contributed by atoms with Crippen LogP contribution in [0.3, 0.4) is 0 Å². The van der Waals surface area contributed by atoms with Crippen LogP contribution >= 0.6 is 11.6 Å². The molecule has 2 N–H and O–H groups in total. The van der Waals surface area contributed by atoms with E-state index in [4.69, 9.17) is 22.3 Å². The molecule has 0 unspecified atom stereocenters. The molecule has 3 aromatic rings. The van der Waals surface area contributed by atoms with Gasteiger partial charge in [0, 0.05) is 17.8 Å². The van der Waals surface area contributed by atoms with E-state index in [0.717, 1.165) is 51.7 Å². The van der Waals surface area contributed by atoms with Gasteiger partial charge in [-0.05, 0) is 37.1 Å². The van der Waals surface area contributed by atoms with Gasteiger partial charge in [0.1, 0.15) is 5.82 Å². The number of anilines is 1. The van der Waals surface area contributed by atoms with Crippen LogP contribution in [0.5, 0.6) is 0 Å². The normalized spacial score (nSPS) is 11.2. The van der Waals surface area contributed by atoms with Crippen LogP contribution in [0.2, 0.25) is 5.02 Å². The van der Waals surface area contributed by atoms with Gasteiger partial charge in [0.05, 0.1) is 16.1 Å². The van der Waals surface area contributed by atoms with E-state index >= 15 is 0 Å². The highest BCUT2D eigenvalue weighted by Crippen LogP contribution is 2.32. The number of fused-ring (bicyclic) bond motifs is 1. The van der Waals surface area contributed by atoms with E-state index in [0.29, 0.717) is 0 Å². The minimum Gasteiger partial charge on any atom is -0.398 e. The largest absolute Gasteiger partial charge is 0.398 e. The van der Waals surface area contributed by atoms with Crippen molar-refractivity contribution >= 4 is 28.3 Å². The summed E-state index contributed by atoms with van der Waals surface area (Å²) in [4.78, 5) is 4.79. The SMILES string of the molecule is CCCn1c(-c2cccc(N)c2C)nc2cccc(Cl)c21. The summed E-state index contributed by atoms with van der Waals surface area (Å²) in [5, 5.41) is 0.737. The molecule has 0 aliphatic carbocycles. The van der Waals surface area contributed by atoms with E-state index in [9.17, 15) is 0 Å². The molecule has 2 aromatic carbocycles. The summed E-state index contributed by atoms with van der Waals surface area (Å²) in [6, 6.07) is 11.8. The Bertz CT molecular complexity index is 805. The van der Waals surface area contributed by atoms with Crippen LogP contribution in [0.1, 0.15) is 18.9 Å². The molecular weight excluding hydrogens is 282 g/mol. The molecule has 0 radical (unpaired) electrons. The van der Waals surface area contributed by atoms with Crippen molar-refractivity contribution in [2.75, 3.05) is 5.73 Å². The van der Waals surface area contributed by atoms with Crippen LogP contribution in [0.15, 0.2) is 36.4 Å². The zero-order valence-corrected chi connectivity index (χ0v) is 13.0. The molecule has 0 spiro atoms. The predicted octanol–water partition coefficient (Wildman–Crippen LogP) is 4.66. The van der Waals surface area contributed by atoms with Crippen molar-refractivity contribution in [3.63, 3.8) is 0 Å². The first-order chi connectivity index (χ1) is 10.1. The second-order valence-electron chi connectivity index (χ2n) is 5.21. The zero-order chi connectivity index (χ0) is 15.0. The molecule has 0 amide bonds. The average Bonchev–Trinajstić information content (AvgIpc) is 2.82. The van der Waals surface area contributed by atoms with Gasteiger partial charge < -0.3 is 10.3 Å². The average molecular weight is 300 g/mol. The Kier molecular flexibility index (Phi) is 3.60. The van der Waals surface area contributed by atoms with Crippen LogP contribution in [-0.2, 0) is 6.54 Å². The third-order valence-corrected chi connectivity index (χ3v) is 4.09. The molecule has 3 nitrogen and oxygen atoms in total. The minimum absolute atomic E-state index is 0.737. The summed E-state index contributed by atoms with van der Waals surface area (Å²) in [6.07, 6.45) is 1.02. The van der Waals surface area contributed by atoms with Gasteiger partial charge in [-0.1, -0.05) is 36.7 Å². The molecule has 1 heterocycles. The number of aryl methyl sites for hydroxylation is 1. The van der Waals surface area contributed by atoms with Crippen molar-refractivity contribution in [3.8, 4) is 11.4 Å². The standard InChI is InChI=1S/C17H18ClN3/c1-3-10-21-16-13(18)7-5-9-15(16)20-17(21)12-6-4-8-14(19)11(12)2/h4-9H,3,10,19H2,1-2H3. The molecule has 0 saturated heterocycles. The van der Waals surface area contributed by atoms with Gasteiger partial charge in [0.2, 0.25) is 0 Å². The number of para-hydroxylation sites is 1. The van der Waals surface area contributed by atoms with E-state index in [-0.39, 0.29) is 0 Å². The Morgan fingerprint density at radius 2 is 1.95 bits per heavy atom. The summed E-state index contributed by atoms with van der Waals surface area (Å²) in [7, 11) is 0. The molecule has 0 bridgehead atoms. The molecule has 0 aliphatic heterocycles. The van der Waals surface area contributed by atoms with E-state index < -0.39 is 0 Å². The summed E-state index contributed by atoms with van der Waals surface area (Å²) in [5.41, 5.74) is 10.9. The Morgan fingerprint density at radius 3 is 2.71 bits per heavy atom. The smallest absolute Gasteiger partial charge is 0.141 e. The molecule has 0 saturated carbocycles. The van der Waals surface area contributed by atoms with Crippen molar-refractivity contribution in [2.24, 2.45) is 0 Å². The number of nitrogen functional groups attached to an aromatic ring is 1. The third-order valence-electron chi connectivity index (χ3n) is 3.78. The second kappa shape index (κ2) is 5.41. The molecule has 0 atom stereocenters. The quantitative estimate of drug-likeness (QED) is 0.715. The fraction of sp³-hybridized carbons (Fsp3) is 0.235. The Labute approximate surface area is 129 Å². The van der Waals surface area contributed by atoms with Crippen molar-refractivity contribution in [1.82, 2.24) is 9.55 Å². The summed E-state index contributed by atoms with van der Waals surface area (Å²) in [5.74, 6) is 0.935. The van der Waals surface area contributed by atoms with Gasteiger partial charge in [-0.2, -0.15) is 0 Å². The number of hydrogen-bond donors (Lipinski definition) is 1. The topological polar surface area (TPSA) is 43.8 Å². The molecule has 0 fully saturated rings. The lowest BCUT2D eigenvalue weighted by Crippen LogP contribution is -2.02. The maximum atomic E-state index is 6.38. The maximum Gasteiger partial charge on any atom is 0.141 e. The Balaban J connectivity index is 2.34. The number of rotatable bonds is 3. The molecule has 0 aliphatic rings. The van der Waals surface area contributed by atoms with Crippen molar-refractivity contribution in [2.45, 2.75) is 26.8 Å². The highest BCUT2D eigenvalue weighted by atomic mass is 35.5. The zero-order valence-electron chi connectivity index (χ0n) is 12.2. The van der Waals surface area contributed by atoms with Crippen molar-refractivity contribution in [3.05, 3.63) is 47.0 Å². The molecule has 21 heavy (non-hydrogen) atoms. The summed E-state index contributed by atoms with van der Waals surface area (Å²) in [6.45, 7) is 5.06. The fourth-order valence-corrected chi connectivity index (χ4v) is 2.96. The summed E-state index contributed by atoms with van der Waals surface area (Å²) < 4.78 is 2.19. The van der Waals surface area contributed by atoms with Crippen LogP contribution in [0.25, 0.3) is 22.4 Å². The van der Waals surface area contributed by atoms with Gasteiger partial charge in [-0.25, -0.2) is 4.98 Å². The number of aromatic nitrogens is 2. The molecule has 1 aromatic heterocycles. The van der Waals surface area contributed by atoms with Gasteiger partial charge in [0.25, 0.3) is 0 Å². The van der Waals surface area contributed by atoms with Gasteiger partial charge in [-0.3, -0.25) is 0 Å². The molecular formula is C17H18ClN3. The van der Waals surface area contributed by atoms with Gasteiger partial charge in [0.15, 0.2) is 0 Å². The predicted molar refractivity (Wildman–Crippen MR) is 89.6 cm³/mol. The van der Waals surface area contributed by atoms with Crippen LogP contribution in [-0.4, -0.2) is 9.55 Å². The second-order valence-corrected chi connectivity index (χ2v) is 5.62. The highest BCUT2D eigenvalue weighted by molar-refractivity contribution is 6.35. The number of imidazole rings is 1. The first-order valence-corrected chi connectivity index (χ1v) is 7.51. The lowest BCUT2D eigenvalue weighted by Gasteiger charge is -2.11. The van der Waals surface area contributed by atoms with Crippen LogP contribution < -0.4 is 5.73 Å². The first-order valence-electron chi connectivity index (χ1n) is 7.13. The van der Waals surface area contributed by atoms with E-state index in [1.54, 1.807) is 0 Å². The Morgan fingerprint density at radius 1 is 1.19 bits per heavy atom. The first kappa shape index (κ1) is 14.0. The molecule has 108 valence electrons. The van der Waals surface area contributed by atoms with E-state index in [1.165, 1.54) is 0 Å². The maximum absolute atomic E-state index is 6.38. The number of hydrogen-bond acceptors (Lipinski definition) is 2.